The maximum absolute atomic E-state index is 13.8. The fourth-order valence-electron chi connectivity index (χ4n) is 7.88. The topological polar surface area (TPSA) is 342 Å². The van der Waals surface area contributed by atoms with E-state index in [0.29, 0.717) is 11.1 Å². The summed E-state index contributed by atoms with van der Waals surface area (Å²) < 4.78 is 27.6. The van der Waals surface area contributed by atoms with Crippen LogP contribution in [0.3, 0.4) is 0 Å². The van der Waals surface area contributed by atoms with E-state index in [9.17, 15) is 78.2 Å². The number of nitrogens with zero attached hydrogens (tertiary/aromatic N) is 7. The Morgan fingerprint density at radius 3 is 1.91 bits per heavy atom. The van der Waals surface area contributed by atoms with Gasteiger partial charge in [0.05, 0.1) is 55.6 Å². The highest BCUT2D eigenvalue weighted by Crippen LogP contribution is 2.32. The fourth-order valence-corrected chi connectivity index (χ4v) is 7.88. The van der Waals surface area contributed by atoms with Crippen LogP contribution in [0, 0.1) is 11.3 Å². The van der Waals surface area contributed by atoms with E-state index in [4.69, 9.17) is 0 Å². The molecule has 68 heavy (non-hydrogen) atoms. The average molecular weight is 964 g/mol. The molecule has 1 aromatic heterocycles. The number of fused-ring (bicyclic) bond motifs is 1. The minimum atomic E-state index is -3.21. The van der Waals surface area contributed by atoms with Crippen LogP contribution in [0.4, 0.5) is 14.5 Å². The van der Waals surface area contributed by atoms with Gasteiger partial charge in [0.25, 0.3) is 11.8 Å². The minimum absolute atomic E-state index is 0.0246. The van der Waals surface area contributed by atoms with E-state index >= 15 is 0 Å². The highest BCUT2D eigenvalue weighted by Gasteiger charge is 2.47. The van der Waals surface area contributed by atoms with Crippen molar-refractivity contribution >= 4 is 58.2 Å². The molecule has 0 saturated carbocycles. The number of anilines is 1. The molecule has 2 fully saturated rings. The van der Waals surface area contributed by atoms with Crippen LogP contribution in [-0.2, 0) is 28.8 Å². The second-order valence-corrected chi connectivity index (χ2v) is 16.5. The molecule has 4 rings (SSSR count). The number of aliphatic carboxylic acids is 4. The summed E-state index contributed by atoms with van der Waals surface area (Å²) in [5.41, 5.74) is 0.727. The van der Waals surface area contributed by atoms with Gasteiger partial charge in [-0.3, -0.25) is 63.5 Å². The van der Waals surface area contributed by atoms with E-state index in [0.717, 1.165) is 4.90 Å². The van der Waals surface area contributed by atoms with Gasteiger partial charge in [0.2, 0.25) is 11.8 Å². The molecule has 24 nitrogen and oxygen atoms in total. The number of aromatic nitrogens is 1. The van der Waals surface area contributed by atoms with E-state index in [1.165, 1.54) is 12.3 Å². The number of carboxylic acids is 4. The molecule has 0 radical (unpaired) electrons. The maximum atomic E-state index is 13.8. The van der Waals surface area contributed by atoms with Crippen molar-refractivity contribution in [2.75, 3.05) is 103 Å². The molecule has 0 aliphatic carbocycles. The second kappa shape index (κ2) is 26.4. The molecule has 3 heterocycles. The van der Waals surface area contributed by atoms with Crippen LogP contribution in [0.15, 0.2) is 30.5 Å². The molecule has 0 spiro atoms. The van der Waals surface area contributed by atoms with Gasteiger partial charge >= 0.3 is 23.9 Å². The lowest BCUT2D eigenvalue weighted by atomic mass is 10.1. The monoisotopic (exact) mass is 963 g/mol. The lowest BCUT2D eigenvalue weighted by Crippen LogP contribution is -2.52. The van der Waals surface area contributed by atoms with E-state index < -0.39 is 91.6 Å². The Kier molecular flexibility index (Phi) is 21.1. The van der Waals surface area contributed by atoms with Gasteiger partial charge in [0.1, 0.15) is 24.5 Å². The number of hydrogen-bond acceptors (Lipinski definition) is 17. The lowest BCUT2D eigenvalue weighted by molar-refractivity contribution is -0.145. The third-order valence-electron chi connectivity index (χ3n) is 11.3. The quantitative estimate of drug-likeness (QED) is 0.0424. The number of carbonyl (C=O) groups is 7. The molecule has 3 unspecified atom stereocenters. The van der Waals surface area contributed by atoms with Crippen molar-refractivity contribution in [3.05, 3.63) is 36.0 Å². The zero-order valence-electron chi connectivity index (χ0n) is 37.3. The first-order valence-electron chi connectivity index (χ1n) is 21.9. The van der Waals surface area contributed by atoms with Crippen molar-refractivity contribution in [3.63, 3.8) is 0 Å². The van der Waals surface area contributed by atoms with Crippen molar-refractivity contribution in [2.45, 2.75) is 62.6 Å². The first-order valence-corrected chi connectivity index (χ1v) is 21.9. The summed E-state index contributed by atoms with van der Waals surface area (Å²) in [5, 5.41) is 80.1. The first kappa shape index (κ1) is 54.4. The Labute approximate surface area is 389 Å². The van der Waals surface area contributed by atoms with Crippen LogP contribution < -0.4 is 21.3 Å². The Hall–Kier alpha value is -6.21. The molecule has 2 aliphatic heterocycles. The van der Waals surface area contributed by atoms with Gasteiger partial charge in [-0.05, 0) is 31.4 Å². The number of nitriles is 1. The van der Waals surface area contributed by atoms with Gasteiger partial charge in [-0.1, -0.05) is 12.1 Å². The predicted molar refractivity (Wildman–Crippen MR) is 235 cm³/mol. The molecule has 2 aliphatic rings. The predicted octanol–water partition coefficient (Wildman–Crippen LogP) is -2.03. The summed E-state index contributed by atoms with van der Waals surface area (Å²) in [4.78, 5) is 97.1. The second-order valence-electron chi connectivity index (χ2n) is 16.5. The normalized spacial score (nSPS) is 19.1. The van der Waals surface area contributed by atoms with Gasteiger partial charge in [0.15, 0.2) is 0 Å². The lowest BCUT2D eigenvalue weighted by Gasteiger charge is -2.35. The number of halogens is 2. The number of nitrogens with one attached hydrogen (secondary N) is 4. The summed E-state index contributed by atoms with van der Waals surface area (Å²) in [7, 11) is 0. The number of carbonyl (C=O) groups excluding carboxylic acids is 3. The van der Waals surface area contributed by atoms with Crippen LogP contribution in [0.5, 0.6) is 0 Å². The molecular formula is C42H59F2N11O13. The van der Waals surface area contributed by atoms with Gasteiger partial charge in [-0.15, -0.1) is 0 Å². The summed E-state index contributed by atoms with van der Waals surface area (Å²) in [6.07, 6.45) is -2.05. The number of hydrogen-bond donors (Lipinski definition) is 10. The van der Waals surface area contributed by atoms with E-state index in [2.05, 4.69) is 26.3 Å². The third-order valence-corrected chi connectivity index (χ3v) is 11.3. The molecule has 1 aromatic carbocycles. The van der Waals surface area contributed by atoms with Gasteiger partial charge < -0.3 is 51.5 Å². The zero-order valence-corrected chi connectivity index (χ0v) is 37.3. The molecule has 2 saturated heterocycles. The summed E-state index contributed by atoms with van der Waals surface area (Å²) in [5.74, 6) is -9.84. The number of pyridine rings is 1. The number of aliphatic hydroxyl groups excluding tert-OH is 2. The molecule has 3 amide bonds. The van der Waals surface area contributed by atoms with Gasteiger partial charge in [0, 0.05) is 89.9 Å². The standard InChI is InChI=1S/C42H59F2N11O13/c43-42(44)20-27(21-45)55(26-42)35(59)22-49-40(66)29-8-9-48-39-28(29)2-1-3-30(39)50-34(58)7-6-33(57)47-11-10-46-32(56)5-4-31(41(67)68)54-18-16-52(24-37(62)63)14-12-51(23-36(60)61)13-15-53(17-19-54)25-38(64)65/h1-3,8-9,27,31,33-34,47,50,57-58H,4-7,10-20,22-26H2,(H,46,56)(H,49,66)(H,60,61)(H,62,63)(H,64,65)(H,67,68)/t27-,31?,33?,34?/m0/s1. The third kappa shape index (κ3) is 17.8. The van der Waals surface area contributed by atoms with E-state index in [-0.39, 0.29) is 122 Å². The van der Waals surface area contributed by atoms with Crippen LogP contribution in [-0.4, -0.2) is 230 Å². The average Bonchev–Trinajstić information content (AvgIpc) is 3.60. The number of para-hydroxylation sites is 1. The smallest absolute Gasteiger partial charge is 0.320 e. The minimum Gasteiger partial charge on any atom is -0.480 e. The van der Waals surface area contributed by atoms with Crippen molar-refractivity contribution in [3.8, 4) is 6.07 Å². The number of carboxylic acid groups (broad SMARTS) is 4. The van der Waals surface area contributed by atoms with Gasteiger partial charge in [-0.25, -0.2) is 8.78 Å². The van der Waals surface area contributed by atoms with Crippen LogP contribution in [0.25, 0.3) is 10.9 Å². The molecule has 10 N–H and O–H groups in total. The van der Waals surface area contributed by atoms with E-state index in [1.54, 1.807) is 43.9 Å². The first-order chi connectivity index (χ1) is 32.2. The van der Waals surface area contributed by atoms with Crippen LogP contribution in [0.1, 0.15) is 42.5 Å². The Morgan fingerprint density at radius 1 is 0.779 bits per heavy atom. The summed E-state index contributed by atoms with van der Waals surface area (Å²) in [6, 6.07) is 5.34. The van der Waals surface area contributed by atoms with E-state index in [1.807, 2.05) is 0 Å². The van der Waals surface area contributed by atoms with Crippen LogP contribution >= 0.6 is 0 Å². The molecule has 0 bridgehead atoms. The number of benzene rings is 1. The molecule has 26 heteroatoms. The Balaban J connectivity index is 1.23. The van der Waals surface area contributed by atoms with Crippen molar-refractivity contribution < 1.29 is 73.0 Å². The molecule has 2 aromatic rings. The molecular weight excluding hydrogens is 905 g/mol. The largest absolute Gasteiger partial charge is 0.480 e. The number of rotatable bonds is 23. The van der Waals surface area contributed by atoms with Gasteiger partial charge in [-0.2, -0.15) is 5.26 Å². The summed E-state index contributed by atoms with van der Waals surface area (Å²) >= 11 is 0. The maximum Gasteiger partial charge on any atom is 0.320 e. The SMILES string of the molecule is N#C[C@@H]1CC(F)(F)CN1C(=O)CNC(=O)c1ccnc2c(NC(O)CCC(O)NCCNC(=O)CCC(C(=O)O)N3CCN(CC(=O)O)CCN(CC(=O)O)CCN(CC(=O)O)CC3)cccc12. The van der Waals surface area contributed by atoms with Crippen LogP contribution in [0.2, 0.25) is 0 Å². The zero-order chi connectivity index (χ0) is 50.0. The Morgan fingerprint density at radius 2 is 1.35 bits per heavy atom. The molecule has 374 valence electrons. The Bertz CT molecular complexity index is 2100. The number of likely N-dealkylation sites (tertiary alicyclic amines) is 1. The highest BCUT2D eigenvalue weighted by atomic mass is 19.3. The molecule has 4 atom stereocenters. The van der Waals surface area contributed by atoms with Crippen molar-refractivity contribution in [1.29, 1.82) is 5.26 Å². The van der Waals surface area contributed by atoms with Crippen molar-refractivity contribution in [1.82, 2.24) is 45.4 Å². The number of aliphatic hydroxyl groups is 2. The fraction of sp³-hybridized carbons (Fsp3) is 0.595. The van der Waals surface area contributed by atoms with Crippen molar-refractivity contribution in [2.24, 2.45) is 0 Å². The highest BCUT2D eigenvalue weighted by molar-refractivity contribution is 6.09. The number of alkyl halides is 2. The number of amides is 3. The summed E-state index contributed by atoms with van der Waals surface area (Å²) in [6.45, 7) is -1.56.